The maximum Gasteiger partial charge on any atom is 0.136 e. The summed E-state index contributed by atoms with van der Waals surface area (Å²) in [7, 11) is 0. The van der Waals surface area contributed by atoms with E-state index in [2.05, 4.69) is 25.8 Å². The van der Waals surface area contributed by atoms with Crippen LogP contribution in [0.1, 0.15) is 44.6 Å². The van der Waals surface area contributed by atoms with E-state index in [4.69, 9.17) is 0 Å². The first-order valence-corrected chi connectivity index (χ1v) is 7.66. The minimum Gasteiger partial charge on any atom is -0.598 e. The Kier molecular flexibility index (Phi) is 3.60. The van der Waals surface area contributed by atoms with Crippen LogP contribution in [0.4, 0.5) is 0 Å². The van der Waals surface area contributed by atoms with Crippen LogP contribution >= 0.6 is 15.9 Å². The summed E-state index contributed by atoms with van der Waals surface area (Å²) in [5.74, 6) is 0. The fraction of sp³-hybridized carbons (Fsp3) is 0.727. The first-order chi connectivity index (χ1) is 7.80. The van der Waals surface area contributed by atoms with Crippen molar-refractivity contribution in [2.45, 2.75) is 51.4 Å². The summed E-state index contributed by atoms with van der Waals surface area (Å²) in [5.41, 5.74) is 2.12. The van der Waals surface area contributed by atoms with Gasteiger partial charge in [-0.15, -0.1) is 4.72 Å². The Hall–Kier alpha value is -0.0400. The van der Waals surface area contributed by atoms with Crippen molar-refractivity contribution in [3.05, 3.63) is 15.9 Å². The van der Waals surface area contributed by atoms with Crippen LogP contribution in [0.5, 0.6) is 0 Å². The molecular formula is C11H18BrN3OS. The Balaban J connectivity index is 2.17. The van der Waals surface area contributed by atoms with Crippen molar-refractivity contribution >= 4 is 27.3 Å². The van der Waals surface area contributed by atoms with Crippen molar-refractivity contribution in [2.24, 2.45) is 0 Å². The fourth-order valence-electron chi connectivity index (χ4n) is 1.89. The van der Waals surface area contributed by atoms with Crippen LogP contribution in [-0.2, 0) is 17.9 Å². The van der Waals surface area contributed by atoms with E-state index in [0.29, 0.717) is 0 Å². The van der Waals surface area contributed by atoms with E-state index in [1.165, 1.54) is 0 Å². The third-order valence-electron chi connectivity index (χ3n) is 2.86. The molecule has 2 heterocycles. The van der Waals surface area contributed by atoms with Crippen LogP contribution in [-0.4, -0.2) is 19.1 Å². The predicted molar refractivity (Wildman–Crippen MR) is 73.1 cm³/mol. The molecule has 96 valence electrons. The van der Waals surface area contributed by atoms with Gasteiger partial charge in [0, 0.05) is 17.9 Å². The first-order valence-electron chi connectivity index (χ1n) is 5.71. The number of rotatable bonds is 2. The molecule has 0 saturated heterocycles. The third-order valence-corrected chi connectivity index (χ3v) is 5.45. The number of nitrogens with zero attached hydrogens (tertiary/aromatic N) is 2. The minimum atomic E-state index is -1.05. The monoisotopic (exact) mass is 319 g/mol. The molecule has 1 aliphatic heterocycles. The number of nitrogens with one attached hydrogen (secondary N) is 1. The van der Waals surface area contributed by atoms with Gasteiger partial charge < -0.3 is 4.55 Å². The summed E-state index contributed by atoms with van der Waals surface area (Å²) in [6.45, 7) is 8.79. The highest BCUT2D eigenvalue weighted by molar-refractivity contribution is 9.10. The van der Waals surface area contributed by atoms with Crippen molar-refractivity contribution in [3.63, 3.8) is 0 Å². The lowest BCUT2D eigenvalue weighted by Crippen LogP contribution is -2.40. The summed E-state index contributed by atoms with van der Waals surface area (Å²) in [5, 5.41) is 4.44. The molecule has 1 unspecified atom stereocenters. The fourth-order valence-corrected chi connectivity index (χ4v) is 3.29. The van der Waals surface area contributed by atoms with E-state index < -0.39 is 11.4 Å². The summed E-state index contributed by atoms with van der Waals surface area (Å²) in [4.78, 5) is 0. The highest BCUT2D eigenvalue weighted by Gasteiger charge is 2.35. The topological polar surface area (TPSA) is 52.9 Å². The molecule has 0 aromatic carbocycles. The van der Waals surface area contributed by atoms with Crippen LogP contribution in [0, 0.1) is 6.92 Å². The van der Waals surface area contributed by atoms with Gasteiger partial charge in [-0.25, -0.2) is 0 Å². The van der Waals surface area contributed by atoms with Gasteiger partial charge in [0.15, 0.2) is 0 Å². The SMILES string of the molecule is Cc1nn2c(c1Br)[C@H](N[S+]([O-])C(C)(C)C)CC2. The number of fused-ring (bicyclic) bond motifs is 1. The van der Waals surface area contributed by atoms with E-state index in [0.717, 1.165) is 28.8 Å². The van der Waals surface area contributed by atoms with Crippen LogP contribution in [0.2, 0.25) is 0 Å². The molecule has 0 bridgehead atoms. The minimum absolute atomic E-state index is 0.130. The normalized spacial score (nSPS) is 21.6. The Morgan fingerprint density at radius 3 is 2.76 bits per heavy atom. The lowest BCUT2D eigenvalue weighted by molar-refractivity contribution is 0.520. The molecule has 0 radical (unpaired) electrons. The van der Waals surface area contributed by atoms with Crippen molar-refractivity contribution in [1.29, 1.82) is 0 Å². The van der Waals surface area contributed by atoms with E-state index in [-0.39, 0.29) is 10.8 Å². The molecule has 0 fully saturated rings. The molecule has 2 rings (SSSR count). The lowest BCUT2D eigenvalue weighted by atomic mass is 10.2. The highest BCUT2D eigenvalue weighted by atomic mass is 79.9. The second-order valence-electron chi connectivity index (χ2n) is 5.35. The van der Waals surface area contributed by atoms with Crippen LogP contribution in [0.15, 0.2) is 4.47 Å². The molecule has 6 heteroatoms. The number of hydrogen-bond donors (Lipinski definition) is 1. The summed E-state index contributed by atoms with van der Waals surface area (Å²) < 4.78 is 18.1. The second kappa shape index (κ2) is 4.57. The Labute approximate surface area is 114 Å². The highest BCUT2D eigenvalue weighted by Crippen LogP contribution is 2.35. The molecule has 17 heavy (non-hydrogen) atoms. The van der Waals surface area contributed by atoms with Gasteiger partial charge in [-0.3, -0.25) is 4.68 Å². The average Bonchev–Trinajstić information content (AvgIpc) is 2.69. The molecular weight excluding hydrogens is 302 g/mol. The second-order valence-corrected chi connectivity index (χ2v) is 8.14. The molecule has 1 aromatic rings. The van der Waals surface area contributed by atoms with E-state index in [1.807, 2.05) is 32.4 Å². The molecule has 1 aromatic heterocycles. The summed E-state index contributed by atoms with van der Waals surface area (Å²) in [6, 6.07) is 0.130. The van der Waals surface area contributed by atoms with E-state index >= 15 is 0 Å². The van der Waals surface area contributed by atoms with Gasteiger partial charge in [0.05, 0.1) is 21.9 Å². The zero-order valence-corrected chi connectivity index (χ0v) is 13.0. The molecule has 0 aliphatic carbocycles. The predicted octanol–water partition coefficient (Wildman–Crippen LogP) is 2.45. The van der Waals surface area contributed by atoms with Gasteiger partial charge in [-0.2, -0.15) is 5.10 Å². The van der Waals surface area contributed by atoms with Gasteiger partial charge in [-0.1, -0.05) is 0 Å². The average molecular weight is 320 g/mol. The molecule has 0 spiro atoms. The molecule has 0 amide bonds. The number of aryl methyl sites for hydroxylation is 2. The zero-order chi connectivity index (χ0) is 12.8. The summed E-state index contributed by atoms with van der Waals surface area (Å²) >= 11 is 2.51. The smallest absolute Gasteiger partial charge is 0.136 e. The van der Waals surface area contributed by atoms with Crippen LogP contribution < -0.4 is 4.72 Å². The molecule has 0 saturated carbocycles. The number of halogens is 1. The standard InChI is InChI=1S/C11H18BrN3OS/c1-7-9(12)10-8(5-6-15(10)13-7)14-17(16)11(2,3)4/h8,14H,5-6H2,1-4H3/t8-,17?/m1/s1. The van der Waals surface area contributed by atoms with Gasteiger partial charge in [0.1, 0.15) is 4.75 Å². The van der Waals surface area contributed by atoms with E-state index in [1.54, 1.807) is 0 Å². The number of hydrogen-bond acceptors (Lipinski definition) is 3. The van der Waals surface area contributed by atoms with Gasteiger partial charge >= 0.3 is 0 Å². The first kappa shape index (κ1) is 13.4. The van der Waals surface area contributed by atoms with Gasteiger partial charge in [0.25, 0.3) is 0 Å². The van der Waals surface area contributed by atoms with Crippen molar-refractivity contribution < 1.29 is 4.55 Å². The molecule has 1 aliphatic rings. The van der Waals surface area contributed by atoms with Crippen LogP contribution in [0.25, 0.3) is 0 Å². The van der Waals surface area contributed by atoms with Gasteiger partial charge in [-0.05, 0) is 50.0 Å². The zero-order valence-electron chi connectivity index (χ0n) is 10.6. The molecule has 2 atom stereocenters. The largest absolute Gasteiger partial charge is 0.598 e. The van der Waals surface area contributed by atoms with Gasteiger partial charge in [0.2, 0.25) is 0 Å². The Bertz CT molecular complexity index is 427. The van der Waals surface area contributed by atoms with Crippen molar-refractivity contribution in [2.75, 3.05) is 0 Å². The third kappa shape index (κ3) is 2.54. The van der Waals surface area contributed by atoms with Crippen molar-refractivity contribution in [3.8, 4) is 0 Å². The molecule has 1 N–H and O–H groups in total. The quantitative estimate of drug-likeness (QED) is 0.852. The van der Waals surface area contributed by atoms with E-state index in [9.17, 15) is 4.55 Å². The maximum absolute atomic E-state index is 12.1. The maximum atomic E-state index is 12.1. The summed E-state index contributed by atoms with van der Waals surface area (Å²) in [6.07, 6.45) is 0.947. The van der Waals surface area contributed by atoms with Crippen LogP contribution in [0.3, 0.4) is 0 Å². The Morgan fingerprint density at radius 1 is 1.53 bits per heavy atom. The Morgan fingerprint density at radius 2 is 2.18 bits per heavy atom. The molecule has 4 nitrogen and oxygen atoms in total. The number of aromatic nitrogens is 2. The lowest BCUT2D eigenvalue weighted by Gasteiger charge is -2.26. The van der Waals surface area contributed by atoms with Crippen molar-refractivity contribution in [1.82, 2.24) is 14.5 Å².